The molecule has 29 heavy (non-hydrogen) atoms. The molecule has 2 heterocycles. The largest absolute Gasteiger partial charge is 0.274 e. The second-order valence-electron chi connectivity index (χ2n) is 6.91. The van der Waals surface area contributed by atoms with Gasteiger partial charge >= 0.3 is 0 Å². The van der Waals surface area contributed by atoms with Crippen LogP contribution in [0.15, 0.2) is 90.1 Å². The summed E-state index contributed by atoms with van der Waals surface area (Å²) in [6.45, 7) is 0. The molecule has 1 aliphatic heterocycles. The maximum Gasteiger partial charge on any atom is 0.234 e. The number of rotatable bonds is 3. The van der Waals surface area contributed by atoms with Gasteiger partial charge in [0.2, 0.25) is 5.91 Å². The van der Waals surface area contributed by atoms with Crippen LogP contribution in [-0.2, 0) is 0 Å². The topological polar surface area (TPSA) is 34.9 Å². The fraction of sp³-hybridized carbons (Fsp3) is 0.0833. The van der Waals surface area contributed by atoms with Gasteiger partial charge in [0.1, 0.15) is 5.82 Å². The molecule has 1 atom stereocenters. The van der Waals surface area contributed by atoms with E-state index < -0.39 is 0 Å². The summed E-state index contributed by atoms with van der Waals surface area (Å²) in [5.41, 5.74) is 4.48. The van der Waals surface area contributed by atoms with Crippen LogP contribution in [0.1, 0.15) is 22.0 Å². The lowest BCUT2D eigenvalue weighted by Crippen LogP contribution is -2.20. The molecule has 0 N–H and O–H groups in total. The van der Waals surface area contributed by atoms with E-state index in [-0.39, 0.29) is 17.0 Å². The lowest BCUT2D eigenvalue weighted by molar-refractivity contribution is 0.0888. The number of carbonyl (C=O) groups excluding carboxylic acids is 1. The van der Waals surface area contributed by atoms with E-state index in [2.05, 4.69) is 0 Å². The molecule has 3 nitrogen and oxygen atoms in total. The van der Waals surface area contributed by atoms with Gasteiger partial charge in [-0.15, -0.1) is 0 Å². The summed E-state index contributed by atoms with van der Waals surface area (Å²) in [4.78, 5) is 18.1. The van der Waals surface area contributed by atoms with Gasteiger partial charge in [0.05, 0.1) is 11.4 Å². The lowest BCUT2D eigenvalue weighted by Gasteiger charge is -2.23. The Bertz CT molecular complexity index is 1170. The van der Waals surface area contributed by atoms with Crippen LogP contribution >= 0.6 is 11.8 Å². The summed E-state index contributed by atoms with van der Waals surface area (Å²) < 4.78 is 15.0. The number of aromatic nitrogens is 2. The van der Waals surface area contributed by atoms with E-state index in [0.29, 0.717) is 11.6 Å². The Morgan fingerprint density at radius 3 is 2.14 bits per heavy atom. The van der Waals surface area contributed by atoms with Gasteiger partial charge in [-0.1, -0.05) is 84.6 Å². The molecule has 0 fully saturated rings. The molecular formula is C24H17FN2OS. The zero-order valence-corrected chi connectivity index (χ0v) is 16.3. The van der Waals surface area contributed by atoms with Gasteiger partial charge in [-0.05, 0) is 17.7 Å². The maximum absolute atomic E-state index is 13.3. The van der Waals surface area contributed by atoms with Crippen LogP contribution in [-0.4, -0.2) is 15.5 Å². The third kappa shape index (κ3) is 3.28. The first-order chi connectivity index (χ1) is 14.2. The number of hydrogen-bond donors (Lipinski definition) is 0. The number of hydrogen-bond acceptors (Lipinski definition) is 3. The predicted molar refractivity (Wildman–Crippen MR) is 113 cm³/mol. The zero-order chi connectivity index (χ0) is 19.8. The van der Waals surface area contributed by atoms with Gasteiger partial charge in [-0.25, -0.2) is 9.37 Å². The molecule has 1 aromatic heterocycles. The summed E-state index contributed by atoms with van der Waals surface area (Å²) in [5.74, 6) is -0.276. The second kappa shape index (κ2) is 7.33. The maximum atomic E-state index is 13.3. The molecule has 0 radical (unpaired) electrons. The number of halogens is 1. The molecule has 0 amide bonds. The van der Waals surface area contributed by atoms with Crippen molar-refractivity contribution in [2.75, 3.05) is 0 Å². The van der Waals surface area contributed by atoms with Crippen LogP contribution in [0.2, 0.25) is 0 Å². The molecule has 5 rings (SSSR count). The predicted octanol–water partition coefficient (Wildman–Crippen LogP) is 6.23. The molecule has 0 unspecified atom stereocenters. The minimum absolute atomic E-state index is 0.00149. The molecule has 0 aliphatic carbocycles. The van der Waals surface area contributed by atoms with Crippen molar-refractivity contribution in [1.29, 1.82) is 0 Å². The number of fused-ring (bicyclic) bond motifs is 1. The molecule has 0 spiro atoms. The van der Waals surface area contributed by atoms with Gasteiger partial charge in [-0.3, -0.25) is 9.36 Å². The van der Waals surface area contributed by atoms with E-state index in [1.165, 1.54) is 12.1 Å². The van der Waals surface area contributed by atoms with Crippen LogP contribution in [0, 0.1) is 5.82 Å². The van der Waals surface area contributed by atoms with Crippen LogP contribution in [0.4, 0.5) is 4.39 Å². The quantitative estimate of drug-likeness (QED) is 0.409. The number of benzene rings is 3. The number of imidazole rings is 1. The summed E-state index contributed by atoms with van der Waals surface area (Å²) in [6, 6.07) is 26.2. The fourth-order valence-electron chi connectivity index (χ4n) is 3.65. The van der Waals surface area contributed by atoms with Gasteiger partial charge < -0.3 is 0 Å². The van der Waals surface area contributed by atoms with Crippen LogP contribution in [0.5, 0.6) is 0 Å². The van der Waals surface area contributed by atoms with E-state index in [1.807, 2.05) is 60.7 Å². The molecule has 5 heteroatoms. The van der Waals surface area contributed by atoms with E-state index in [0.717, 1.165) is 28.1 Å². The van der Waals surface area contributed by atoms with Crippen LogP contribution in [0.25, 0.3) is 22.5 Å². The highest BCUT2D eigenvalue weighted by Gasteiger charge is 2.32. The first-order valence-corrected chi connectivity index (χ1v) is 10.3. The van der Waals surface area contributed by atoms with Gasteiger partial charge in [0.25, 0.3) is 0 Å². The van der Waals surface area contributed by atoms with Crippen LogP contribution in [0.3, 0.4) is 0 Å². The molecular weight excluding hydrogens is 383 g/mol. The summed E-state index contributed by atoms with van der Waals surface area (Å²) >= 11 is 1.55. The normalized spacial score (nSPS) is 15.9. The minimum atomic E-state index is -0.278. The Hall–Kier alpha value is -3.18. The van der Waals surface area contributed by atoms with Crippen molar-refractivity contribution in [3.8, 4) is 22.5 Å². The monoisotopic (exact) mass is 400 g/mol. The number of carbonyl (C=O) groups is 1. The molecule has 142 valence electrons. The van der Waals surface area contributed by atoms with Crippen molar-refractivity contribution in [3.63, 3.8) is 0 Å². The van der Waals surface area contributed by atoms with E-state index >= 15 is 0 Å². The molecule has 0 bridgehead atoms. The fourth-order valence-corrected chi connectivity index (χ4v) is 4.87. The molecule has 4 aromatic rings. The Morgan fingerprint density at radius 1 is 0.862 bits per heavy atom. The van der Waals surface area contributed by atoms with Crippen molar-refractivity contribution in [2.24, 2.45) is 0 Å². The number of thioether (sulfide) groups is 1. The molecule has 3 aromatic carbocycles. The van der Waals surface area contributed by atoms with Gasteiger partial charge in [-0.2, -0.15) is 0 Å². The molecule has 0 saturated heterocycles. The first kappa shape index (κ1) is 17.9. The lowest BCUT2D eigenvalue weighted by atomic mass is 10.0. The van der Waals surface area contributed by atoms with E-state index in [9.17, 15) is 9.18 Å². The average Bonchev–Trinajstić information content (AvgIpc) is 3.16. The first-order valence-electron chi connectivity index (χ1n) is 9.39. The zero-order valence-electron chi connectivity index (χ0n) is 15.5. The Morgan fingerprint density at radius 2 is 1.48 bits per heavy atom. The van der Waals surface area contributed by atoms with E-state index in [4.69, 9.17) is 4.98 Å². The molecule has 0 saturated carbocycles. The second-order valence-corrected chi connectivity index (χ2v) is 8.08. The van der Waals surface area contributed by atoms with Gasteiger partial charge in [0.15, 0.2) is 5.16 Å². The SMILES string of the molecule is O=C1C[C@H](c2ccc(F)cc2)Sc2nc(-c3ccccc3)c(-c3ccccc3)n21. The average molecular weight is 400 g/mol. The van der Waals surface area contributed by atoms with E-state index in [1.54, 1.807) is 28.5 Å². The Labute approximate surface area is 172 Å². The third-order valence-electron chi connectivity index (χ3n) is 5.04. The molecule has 1 aliphatic rings. The summed E-state index contributed by atoms with van der Waals surface area (Å²) in [5, 5.41) is 0.596. The third-order valence-corrected chi connectivity index (χ3v) is 6.25. The summed E-state index contributed by atoms with van der Waals surface area (Å²) in [7, 11) is 0. The highest BCUT2D eigenvalue weighted by molar-refractivity contribution is 7.99. The smallest absolute Gasteiger partial charge is 0.234 e. The van der Waals surface area contributed by atoms with Crippen molar-refractivity contribution in [2.45, 2.75) is 16.8 Å². The van der Waals surface area contributed by atoms with Gasteiger partial charge in [0, 0.05) is 22.8 Å². The van der Waals surface area contributed by atoms with Crippen LogP contribution < -0.4 is 0 Å². The summed E-state index contributed by atoms with van der Waals surface area (Å²) in [6.07, 6.45) is 0.341. The Kier molecular flexibility index (Phi) is 4.52. The van der Waals surface area contributed by atoms with Crippen molar-refractivity contribution >= 4 is 17.7 Å². The standard InChI is InChI=1S/C24H17FN2OS/c25-19-13-11-16(12-14-19)20-15-21(28)27-23(18-9-5-2-6-10-18)22(26-24(27)29-20)17-7-3-1-4-8-17/h1-14,20H,15H2/t20-/m1/s1. The Balaban J connectivity index is 1.65. The highest BCUT2D eigenvalue weighted by atomic mass is 32.2. The number of nitrogens with zero attached hydrogens (tertiary/aromatic N) is 2. The van der Waals surface area contributed by atoms with Crippen molar-refractivity contribution in [3.05, 3.63) is 96.3 Å². The van der Waals surface area contributed by atoms with Crippen molar-refractivity contribution < 1.29 is 9.18 Å². The van der Waals surface area contributed by atoms with Crippen molar-refractivity contribution in [1.82, 2.24) is 9.55 Å². The minimum Gasteiger partial charge on any atom is -0.274 e. The highest BCUT2D eigenvalue weighted by Crippen LogP contribution is 2.46.